The van der Waals surface area contributed by atoms with E-state index in [4.69, 9.17) is 0 Å². The SMILES string of the molecule is CCCC(=O)N[C@@H](C)c1ccc(C)cc1C. The lowest BCUT2D eigenvalue weighted by atomic mass is 10.0. The van der Waals surface area contributed by atoms with E-state index in [0.29, 0.717) is 6.42 Å². The van der Waals surface area contributed by atoms with Crippen LogP contribution in [-0.2, 0) is 4.79 Å². The van der Waals surface area contributed by atoms with Gasteiger partial charge in [0.1, 0.15) is 0 Å². The van der Waals surface area contributed by atoms with Gasteiger partial charge in [0.15, 0.2) is 0 Å². The van der Waals surface area contributed by atoms with E-state index >= 15 is 0 Å². The molecule has 0 aliphatic rings. The summed E-state index contributed by atoms with van der Waals surface area (Å²) in [5.41, 5.74) is 3.70. The first-order chi connectivity index (χ1) is 7.54. The van der Waals surface area contributed by atoms with Gasteiger partial charge in [0.25, 0.3) is 0 Å². The molecule has 0 saturated heterocycles. The number of hydrogen-bond acceptors (Lipinski definition) is 1. The minimum absolute atomic E-state index is 0.0969. The Morgan fingerprint density at radius 1 is 1.38 bits per heavy atom. The molecule has 2 heteroatoms. The van der Waals surface area contributed by atoms with Crippen molar-refractivity contribution >= 4 is 5.91 Å². The van der Waals surface area contributed by atoms with Crippen LogP contribution in [0.4, 0.5) is 0 Å². The van der Waals surface area contributed by atoms with Gasteiger partial charge in [0.2, 0.25) is 5.91 Å². The van der Waals surface area contributed by atoms with Crippen LogP contribution in [0.2, 0.25) is 0 Å². The molecule has 0 spiro atoms. The summed E-state index contributed by atoms with van der Waals surface area (Å²) >= 11 is 0. The molecule has 0 bridgehead atoms. The summed E-state index contributed by atoms with van der Waals surface area (Å²) in [5.74, 6) is 0.134. The first-order valence-corrected chi connectivity index (χ1v) is 5.91. The molecule has 0 radical (unpaired) electrons. The van der Waals surface area contributed by atoms with E-state index in [-0.39, 0.29) is 11.9 Å². The van der Waals surface area contributed by atoms with Gasteiger partial charge in [-0.15, -0.1) is 0 Å². The van der Waals surface area contributed by atoms with Crippen molar-refractivity contribution < 1.29 is 4.79 Å². The van der Waals surface area contributed by atoms with E-state index in [1.807, 2.05) is 13.8 Å². The lowest BCUT2D eigenvalue weighted by Crippen LogP contribution is -2.26. The van der Waals surface area contributed by atoms with Crippen LogP contribution in [0.1, 0.15) is 49.4 Å². The van der Waals surface area contributed by atoms with Crippen molar-refractivity contribution in [1.82, 2.24) is 5.32 Å². The molecule has 1 aromatic rings. The van der Waals surface area contributed by atoms with Gasteiger partial charge >= 0.3 is 0 Å². The molecular formula is C14H21NO. The zero-order valence-corrected chi connectivity index (χ0v) is 10.6. The Hall–Kier alpha value is -1.31. The van der Waals surface area contributed by atoms with E-state index in [9.17, 15) is 4.79 Å². The van der Waals surface area contributed by atoms with E-state index in [1.54, 1.807) is 0 Å². The van der Waals surface area contributed by atoms with Crippen LogP contribution in [-0.4, -0.2) is 5.91 Å². The van der Waals surface area contributed by atoms with Crippen molar-refractivity contribution in [3.63, 3.8) is 0 Å². The summed E-state index contributed by atoms with van der Waals surface area (Å²) in [4.78, 5) is 11.5. The van der Waals surface area contributed by atoms with E-state index < -0.39 is 0 Å². The maximum atomic E-state index is 11.5. The van der Waals surface area contributed by atoms with Crippen LogP contribution >= 0.6 is 0 Å². The second-order valence-electron chi connectivity index (χ2n) is 4.40. The quantitative estimate of drug-likeness (QED) is 0.827. The highest BCUT2D eigenvalue weighted by atomic mass is 16.1. The third-order valence-electron chi connectivity index (χ3n) is 2.75. The summed E-state index contributed by atoms with van der Waals surface area (Å²) in [6, 6.07) is 6.43. The van der Waals surface area contributed by atoms with E-state index in [0.717, 1.165) is 6.42 Å². The fraction of sp³-hybridized carbons (Fsp3) is 0.500. The molecule has 1 aromatic carbocycles. The third kappa shape index (κ3) is 3.37. The number of aryl methyl sites for hydroxylation is 2. The molecular weight excluding hydrogens is 198 g/mol. The summed E-state index contributed by atoms with van der Waals surface area (Å²) in [7, 11) is 0. The average molecular weight is 219 g/mol. The Morgan fingerprint density at radius 3 is 2.62 bits per heavy atom. The van der Waals surface area contributed by atoms with E-state index in [1.165, 1.54) is 16.7 Å². The molecule has 0 aromatic heterocycles. The highest BCUT2D eigenvalue weighted by molar-refractivity contribution is 5.76. The molecule has 0 fully saturated rings. The van der Waals surface area contributed by atoms with Crippen LogP contribution in [0.25, 0.3) is 0 Å². The van der Waals surface area contributed by atoms with Crippen molar-refractivity contribution in [3.05, 3.63) is 34.9 Å². The molecule has 0 saturated carbocycles. The topological polar surface area (TPSA) is 29.1 Å². The Kier molecular flexibility index (Phi) is 4.53. The van der Waals surface area contributed by atoms with Gasteiger partial charge < -0.3 is 5.32 Å². The predicted molar refractivity (Wildman–Crippen MR) is 67.4 cm³/mol. The number of carbonyl (C=O) groups excluding carboxylic acids is 1. The summed E-state index contributed by atoms with van der Waals surface area (Å²) in [6.45, 7) is 8.22. The molecule has 1 atom stereocenters. The fourth-order valence-corrected chi connectivity index (χ4v) is 1.93. The highest BCUT2D eigenvalue weighted by Gasteiger charge is 2.10. The molecule has 1 rings (SSSR count). The standard InChI is InChI=1S/C14H21NO/c1-5-6-14(16)15-12(4)13-8-7-10(2)9-11(13)3/h7-9,12H,5-6H2,1-4H3,(H,15,16)/t12-/m0/s1. The molecule has 1 amide bonds. The monoisotopic (exact) mass is 219 g/mol. The third-order valence-corrected chi connectivity index (χ3v) is 2.75. The largest absolute Gasteiger partial charge is 0.350 e. The molecule has 88 valence electrons. The molecule has 0 unspecified atom stereocenters. The van der Waals surface area contributed by atoms with Crippen LogP contribution in [0.3, 0.4) is 0 Å². The van der Waals surface area contributed by atoms with Crippen molar-refractivity contribution in [1.29, 1.82) is 0 Å². The number of hydrogen-bond donors (Lipinski definition) is 1. The van der Waals surface area contributed by atoms with Crippen molar-refractivity contribution in [2.75, 3.05) is 0 Å². The fourth-order valence-electron chi connectivity index (χ4n) is 1.93. The van der Waals surface area contributed by atoms with Crippen molar-refractivity contribution in [3.8, 4) is 0 Å². The molecule has 1 N–H and O–H groups in total. The predicted octanol–water partition coefficient (Wildman–Crippen LogP) is 3.28. The van der Waals surface area contributed by atoms with Gasteiger partial charge in [-0.3, -0.25) is 4.79 Å². The molecule has 0 aliphatic heterocycles. The first kappa shape index (κ1) is 12.8. The number of carbonyl (C=O) groups is 1. The summed E-state index contributed by atoms with van der Waals surface area (Å²) in [5, 5.41) is 3.02. The molecule has 0 heterocycles. The molecule has 2 nitrogen and oxygen atoms in total. The average Bonchev–Trinajstić information content (AvgIpc) is 2.17. The van der Waals surface area contributed by atoms with Gasteiger partial charge in [-0.05, 0) is 38.3 Å². The van der Waals surface area contributed by atoms with Crippen LogP contribution in [0, 0.1) is 13.8 Å². The lowest BCUT2D eigenvalue weighted by Gasteiger charge is -2.16. The molecule has 16 heavy (non-hydrogen) atoms. The van der Waals surface area contributed by atoms with Gasteiger partial charge in [-0.25, -0.2) is 0 Å². The van der Waals surface area contributed by atoms with Crippen molar-refractivity contribution in [2.45, 2.75) is 46.6 Å². The lowest BCUT2D eigenvalue weighted by molar-refractivity contribution is -0.121. The van der Waals surface area contributed by atoms with Gasteiger partial charge in [0.05, 0.1) is 6.04 Å². The normalized spacial score (nSPS) is 12.2. The van der Waals surface area contributed by atoms with Gasteiger partial charge in [-0.1, -0.05) is 30.7 Å². The highest BCUT2D eigenvalue weighted by Crippen LogP contribution is 2.18. The second kappa shape index (κ2) is 5.69. The number of nitrogens with one attached hydrogen (secondary N) is 1. The van der Waals surface area contributed by atoms with Crippen LogP contribution in [0.5, 0.6) is 0 Å². The summed E-state index contributed by atoms with van der Waals surface area (Å²) < 4.78 is 0. The Balaban J connectivity index is 2.72. The van der Waals surface area contributed by atoms with Crippen LogP contribution < -0.4 is 5.32 Å². The Labute approximate surface area is 98.1 Å². The maximum Gasteiger partial charge on any atom is 0.220 e. The minimum Gasteiger partial charge on any atom is -0.350 e. The maximum absolute atomic E-state index is 11.5. The zero-order valence-electron chi connectivity index (χ0n) is 10.6. The second-order valence-corrected chi connectivity index (χ2v) is 4.40. The zero-order chi connectivity index (χ0) is 12.1. The first-order valence-electron chi connectivity index (χ1n) is 5.91. The minimum atomic E-state index is 0.0969. The van der Waals surface area contributed by atoms with Crippen LogP contribution in [0.15, 0.2) is 18.2 Å². The Morgan fingerprint density at radius 2 is 2.06 bits per heavy atom. The number of rotatable bonds is 4. The molecule has 0 aliphatic carbocycles. The number of amides is 1. The van der Waals surface area contributed by atoms with Gasteiger partial charge in [0, 0.05) is 6.42 Å². The Bertz CT molecular complexity index is 371. The smallest absolute Gasteiger partial charge is 0.220 e. The van der Waals surface area contributed by atoms with E-state index in [2.05, 4.69) is 37.4 Å². The summed E-state index contributed by atoms with van der Waals surface area (Å²) in [6.07, 6.45) is 1.50. The number of benzene rings is 1. The van der Waals surface area contributed by atoms with Gasteiger partial charge in [-0.2, -0.15) is 0 Å². The van der Waals surface area contributed by atoms with Crippen molar-refractivity contribution in [2.24, 2.45) is 0 Å².